The zero-order valence-corrected chi connectivity index (χ0v) is 18.8. The predicted octanol–water partition coefficient (Wildman–Crippen LogP) is 4.61. The lowest BCUT2D eigenvalue weighted by molar-refractivity contribution is 0.0697. The van der Waals surface area contributed by atoms with Gasteiger partial charge in [-0.2, -0.15) is 4.31 Å². The van der Waals surface area contributed by atoms with E-state index in [1.807, 2.05) is 37.3 Å². The Labute approximate surface area is 189 Å². The summed E-state index contributed by atoms with van der Waals surface area (Å²) in [7, 11) is -3.75. The fraction of sp³-hybridized carbons (Fsp3) is 0.240. The summed E-state index contributed by atoms with van der Waals surface area (Å²) in [6, 6.07) is 22.6. The summed E-state index contributed by atoms with van der Waals surface area (Å²) >= 11 is 0. The van der Waals surface area contributed by atoms with Crippen LogP contribution in [0.3, 0.4) is 0 Å². The van der Waals surface area contributed by atoms with Gasteiger partial charge in [-0.3, -0.25) is 0 Å². The Kier molecular flexibility index (Phi) is 8.03. The molecule has 3 rings (SSSR count). The van der Waals surface area contributed by atoms with E-state index in [-0.39, 0.29) is 17.0 Å². The first kappa shape index (κ1) is 23.5. The van der Waals surface area contributed by atoms with Gasteiger partial charge in [-0.1, -0.05) is 42.5 Å². The second-order valence-electron chi connectivity index (χ2n) is 7.33. The first-order valence-corrected chi connectivity index (χ1v) is 11.9. The average Bonchev–Trinajstić information content (AvgIpc) is 2.80. The fourth-order valence-corrected chi connectivity index (χ4v) is 4.84. The normalized spacial score (nSPS) is 11.4. The van der Waals surface area contributed by atoms with Crippen molar-refractivity contribution in [2.24, 2.45) is 0 Å². The van der Waals surface area contributed by atoms with Gasteiger partial charge in [0.05, 0.1) is 17.1 Å². The molecule has 0 aliphatic carbocycles. The number of hydrogen-bond acceptors (Lipinski definition) is 4. The summed E-state index contributed by atoms with van der Waals surface area (Å²) in [5.41, 5.74) is 2.04. The van der Waals surface area contributed by atoms with E-state index in [9.17, 15) is 13.2 Å². The Morgan fingerprint density at radius 2 is 1.56 bits per heavy atom. The molecule has 0 bridgehead atoms. The van der Waals surface area contributed by atoms with Gasteiger partial charge < -0.3 is 9.84 Å². The summed E-state index contributed by atoms with van der Waals surface area (Å²) < 4.78 is 33.7. The summed E-state index contributed by atoms with van der Waals surface area (Å²) in [5, 5.41) is 9.10. The molecule has 3 aromatic rings. The monoisotopic (exact) mass is 453 g/mol. The van der Waals surface area contributed by atoms with E-state index in [1.165, 1.54) is 16.4 Å². The largest absolute Gasteiger partial charge is 0.494 e. The molecule has 6 nitrogen and oxygen atoms in total. The molecule has 32 heavy (non-hydrogen) atoms. The molecule has 0 unspecified atom stereocenters. The quantitative estimate of drug-likeness (QED) is 0.458. The van der Waals surface area contributed by atoms with Crippen LogP contribution in [-0.2, 0) is 23.0 Å². The van der Waals surface area contributed by atoms with E-state index in [0.717, 1.165) is 17.5 Å². The van der Waals surface area contributed by atoms with Crippen molar-refractivity contribution in [1.29, 1.82) is 0 Å². The molecule has 0 aromatic heterocycles. The summed E-state index contributed by atoms with van der Waals surface area (Å²) in [5.74, 6) is -0.399. The van der Waals surface area contributed by atoms with E-state index in [2.05, 4.69) is 0 Å². The maximum absolute atomic E-state index is 13.4. The zero-order valence-electron chi connectivity index (χ0n) is 18.0. The molecule has 0 spiro atoms. The molecule has 0 aliphatic rings. The lowest BCUT2D eigenvalue weighted by Gasteiger charge is -2.23. The molecule has 0 saturated heterocycles. The van der Waals surface area contributed by atoms with Crippen LogP contribution in [0.25, 0.3) is 0 Å². The first-order valence-electron chi connectivity index (χ1n) is 10.5. The molecule has 7 heteroatoms. The number of nitrogens with zero attached hydrogens (tertiary/aromatic N) is 1. The summed E-state index contributed by atoms with van der Waals surface area (Å²) in [6.07, 6.45) is 1.42. The van der Waals surface area contributed by atoms with E-state index in [4.69, 9.17) is 9.84 Å². The van der Waals surface area contributed by atoms with Gasteiger partial charge in [0, 0.05) is 13.1 Å². The van der Waals surface area contributed by atoms with Gasteiger partial charge in [0.1, 0.15) is 5.75 Å². The van der Waals surface area contributed by atoms with Crippen LogP contribution in [0.15, 0.2) is 83.8 Å². The van der Waals surface area contributed by atoms with Crippen LogP contribution >= 0.6 is 0 Å². The van der Waals surface area contributed by atoms with Crippen molar-refractivity contribution < 1.29 is 23.1 Å². The van der Waals surface area contributed by atoms with Gasteiger partial charge in [0.2, 0.25) is 10.0 Å². The number of carboxylic acid groups (broad SMARTS) is 1. The van der Waals surface area contributed by atoms with Crippen molar-refractivity contribution >= 4 is 16.0 Å². The number of carbonyl (C=O) groups is 1. The van der Waals surface area contributed by atoms with Crippen LogP contribution in [-0.4, -0.2) is 37.0 Å². The fourth-order valence-electron chi connectivity index (χ4n) is 3.37. The number of rotatable bonds is 11. The Hall–Kier alpha value is -3.16. The minimum absolute atomic E-state index is 0.157. The summed E-state index contributed by atoms with van der Waals surface area (Å²) in [4.78, 5) is 11.3. The second kappa shape index (κ2) is 10.9. The maximum Gasteiger partial charge on any atom is 0.335 e. The van der Waals surface area contributed by atoms with Gasteiger partial charge in [0.25, 0.3) is 0 Å². The number of sulfonamides is 1. The molecule has 0 amide bonds. The van der Waals surface area contributed by atoms with Gasteiger partial charge in [-0.25, -0.2) is 13.2 Å². The second-order valence-corrected chi connectivity index (χ2v) is 9.27. The molecule has 0 radical (unpaired) electrons. The lowest BCUT2D eigenvalue weighted by Crippen LogP contribution is -2.32. The molecule has 0 atom stereocenters. The Bertz CT molecular complexity index is 1110. The molecule has 0 heterocycles. The van der Waals surface area contributed by atoms with E-state index >= 15 is 0 Å². The maximum atomic E-state index is 13.4. The topological polar surface area (TPSA) is 83.9 Å². The van der Waals surface area contributed by atoms with Crippen molar-refractivity contribution in [3.8, 4) is 5.75 Å². The third-order valence-electron chi connectivity index (χ3n) is 5.05. The van der Waals surface area contributed by atoms with Crippen LogP contribution in [0.5, 0.6) is 5.75 Å². The number of ether oxygens (including phenoxy) is 1. The minimum atomic E-state index is -3.75. The van der Waals surface area contributed by atoms with Crippen molar-refractivity contribution in [3.05, 3.63) is 95.6 Å². The van der Waals surface area contributed by atoms with Gasteiger partial charge >= 0.3 is 5.97 Å². The van der Waals surface area contributed by atoms with Crippen molar-refractivity contribution in [1.82, 2.24) is 4.31 Å². The Morgan fingerprint density at radius 1 is 0.906 bits per heavy atom. The predicted molar refractivity (Wildman–Crippen MR) is 123 cm³/mol. The van der Waals surface area contributed by atoms with Crippen molar-refractivity contribution in [2.75, 3.05) is 13.2 Å². The molecule has 0 aliphatic heterocycles. The molecule has 0 saturated carbocycles. The van der Waals surface area contributed by atoms with Crippen LogP contribution in [0.2, 0.25) is 0 Å². The van der Waals surface area contributed by atoms with Gasteiger partial charge in [-0.15, -0.1) is 0 Å². The standard InChI is InChI=1S/C25H27NO5S/c1-2-31-23-14-16-24(17-15-23)32(29,30)26(18-6-9-20-7-4-3-5-8-20)19-21-10-12-22(13-11-21)25(27)28/h3-5,7-8,10-17H,2,6,9,18-19H2,1H3,(H,27,28). The van der Waals surface area contributed by atoms with E-state index < -0.39 is 16.0 Å². The molecule has 0 fully saturated rings. The number of benzene rings is 3. The molecular formula is C25H27NO5S. The third kappa shape index (κ3) is 6.18. The highest BCUT2D eigenvalue weighted by Crippen LogP contribution is 2.22. The van der Waals surface area contributed by atoms with Gasteiger partial charge in [-0.05, 0) is 67.3 Å². The number of aromatic carboxylic acids is 1. The highest BCUT2D eigenvalue weighted by molar-refractivity contribution is 7.89. The number of carboxylic acids is 1. The number of aryl methyl sites for hydroxylation is 1. The molecular weight excluding hydrogens is 426 g/mol. The average molecular weight is 454 g/mol. The Balaban J connectivity index is 1.81. The van der Waals surface area contributed by atoms with Crippen molar-refractivity contribution in [3.63, 3.8) is 0 Å². The third-order valence-corrected chi connectivity index (χ3v) is 6.91. The van der Waals surface area contributed by atoms with E-state index in [1.54, 1.807) is 36.4 Å². The smallest absolute Gasteiger partial charge is 0.335 e. The first-order chi connectivity index (χ1) is 15.4. The van der Waals surface area contributed by atoms with Crippen LogP contribution in [0, 0.1) is 0 Å². The van der Waals surface area contributed by atoms with E-state index in [0.29, 0.717) is 25.3 Å². The molecule has 3 aromatic carbocycles. The van der Waals surface area contributed by atoms with Crippen LogP contribution < -0.4 is 4.74 Å². The SMILES string of the molecule is CCOc1ccc(S(=O)(=O)N(CCCc2ccccc2)Cc2ccc(C(=O)O)cc2)cc1. The van der Waals surface area contributed by atoms with Gasteiger partial charge in [0.15, 0.2) is 0 Å². The molecule has 1 N–H and O–H groups in total. The Morgan fingerprint density at radius 3 is 2.16 bits per heavy atom. The lowest BCUT2D eigenvalue weighted by atomic mass is 10.1. The number of hydrogen-bond donors (Lipinski definition) is 1. The molecule has 168 valence electrons. The zero-order chi connectivity index (χ0) is 23.0. The highest BCUT2D eigenvalue weighted by Gasteiger charge is 2.24. The van der Waals surface area contributed by atoms with Crippen molar-refractivity contribution in [2.45, 2.75) is 31.2 Å². The van der Waals surface area contributed by atoms with Crippen LogP contribution in [0.4, 0.5) is 0 Å². The highest BCUT2D eigenvalue weighted by atomic mass is 32.2. The van der Waals surface area contributed by atoms with Crippen LogP contribution in [0.1, 0.15) is 34.8 Å². The summed E-state index contributed by atoms with van der Waals surface area (Å²) in [6.45, 7) is 2.87. The minimum Gasteiger partial charge on any atom is -0.494 e.